The van der Waals surface area contributed by atoms with Crippen molar-refractivity contribution in [2.75, 3.05) is 17.1 Å². The van der Waals surface area contributed by atoms with Gasteiger partial charge in [-0.3, -0.25) is 4.72 Å². The number of aromatic nitrogens is 4. The number of fused-ring (bicyclic) bond motifs is 2. The highest BCUT2D eigenvalue weighted by Gasteiger charge is 2.22. The van der Waals surface area contributed by atoms with E-state index in [1.807, 2.05) is 42.5 Å². The summed E-state index contributed by atoms with van der Waals surface area (Å²) < 4.78 is 42.8. The van der Waals surface area contributed by atoms with E-state index in [2.05, 4.69) is 28.8 Å². The molecule has 166 valence electrons. The van der Waals surface area contributed by atoms with Gasteiger partial charge in [0.1, 0.15) is 21.7 Å². The number of methoxy groups -OCH3 is 1. The van der Waals surface area contributed by atoms with Crippen LogP contribution in [-0.2, 0) is 16.6 Å². The van der Waals surface area contributed by atoms with Crippen molar-refractivity contribution in [1.82, 2.24) is 18.7 Å². The lowest BCUT2D eigenvalue weighted by Gasteiger charge is -2.15. The molecular weight excluding hydrogens is 460 g/mol. The van der Waals surface area contributed by atoms with Gasteiger partial charge in [-0.05, 0) is 30.3 Å². The molecule has 5 rings (SSSR count). The van der Waals surface area contributed by atoms with E-state index in [-0.39, 0.29) is 10.7 Å². The van der Waals surface area contributed by atoms with Crippen molar-refractivity contribution in [3.8, 4) is 5.75 Å². The molecule has 2 N–H and O–H groups in total. The smallest absolute Gasteiger partial charge is 0.265 e. The SMILES string of the molecule is COc1ccccc1CNc1nc2ccccc2nc1NS(=O)(=O)c1cccc2nsnc12. The zero-order valence-corrected chi connectivity index (χ0v) is 19.0. The Kier molecular flexibility index (Phi) is 5.48. The van der Waals surface area contributed by atoms with E-state index in [4.69, 9.17) is 4.74 Å². The molecule has 3 aromatic carbocycles. The second kappa shape index (κ2) is 8.60. The number of nitrogens with one attached hydrogen (secondary N) is 2. The lowest BCUT2D eigenvalue weighted by molar-refractivity contribution is 0.410. The first-order valence-electron chi connectivity index (χ1n) is 9.92. The fourth-order valence-corrected chi connectivity index (χ4v) is 5.18. The Hall–Kier alpha value is -3.83. The van der Waals surface area contributed by atoms with Gasteiger partial charge in [-0.15, -0.1) is 0 Å². The van der Waals surface area contributed by atoms with Crippen LogP contribution in [0.3, 0.4) is 0 Å². The van der Waals surface area contributed by atoms with Gasteiger partial charge < -0.3 is 10.1 Å². The number of ether oxygens (including phenoxy) is 1. The van der Waals surface area contributed by atoms with Gasteiger partial charge in [-0.25, -0.2) is 18.4 Å². The van der Waals surface area contributed by atoms with Crippen LogP contribution in [0.4, 0.5) is 11.6 Å². The molecule has 0 radical (unpaired) electrons. The summed E-state index contributed by atoms with van der Waals surface area (Å²) in [5, 5.41) is 3.20. The maximum atomic E-state index is 13.3. The van der Waals surface area contributed by atoms with Gasteiger partial charge in [-0.1, -0.05) is 36.4 Å². The molecule has 0 aliphatic heterocycles. The third kappa shape index (κ3) is 4.15. The minimum absolute atomic E-state index is 0.0272. The van der Waals surface area contributed by atoms with E-state index in [0.29, 0.717) is 40.2 Å². The second-order valence-corrected chi connectivity index (χ2v) is 9.25. The van der Waals surface area contributed by atoms with Gasteiger partial charge in [0, 0.05) is 12.1 Å². The Morgan fingerprint density at radius 2 is 1.55 bits per heavy atom. The summed E-state index contributed by atoms with van der Waals surface area (Å²) in [7, 11) is -2.41. The topological polar surface area (TPSA) is 119 Å². The Morgan fingerprint density at radius 3 is 2.33 bits per heavy atom. The van der Waals surface area contributed by atoms with Crippen LogP contribution in [0.5, 0.6) is 5.75 Å². The van der Waals surface area contributed by atoms with E-state index >= 15 is 0 Å². The first-order chi connectivity index (χ1) is 16.0. The monoisotopic (exact) mass is 478 g/mol. The lowest BCUT2D eigenvalue weighted by atomic mass is 10.2. The largest absolute Gasteiger partial charge is 0.496 e. The number of anilines is 2. The van der Waals surface area contributed by atoms with Crippen LogP contribution in [0, 0.1) is 0 Å². The van der Waals surface area contributed by atoms with Crippen LogP contribution < -0.4 is 14.8 Å². The molecule has 5 aromatic rings. The number of sulfonamides is 1. The molecule has 2 aromatic heterocycles. The van der Waals surface area contributed by atoms with Crippen LogP contribution >= 0.6 is 11.7 Å². The Balaban J connectivity index is 1.54. The molecule has 0 atom stereocenters. The average molecular weight is 479 g/mol. The molecule has 0 saturated heterocycles. The minimum Gasteiger partial charge on any atom is -0.496 e. The Morgan fingerprint density at radius 1 is 0.848 bits per heavy atom. The lowest BCUT2D eigenvalue weighted by Crippen LogP contribution is -2.17. The fraction of sp³-hybridized carbons (Fsp3) is 0.0909. The summed E-state index contributed by atoms with van der Waals surface area (Å²) in [6.07, 6.45) is 0. The molecule has 0 saturated carbocycles. The quantitative estimate of drug-likeness (QED) is 0.359. The number of hydrogen-bond acceptors (Lipinski definition) is 9. The summed E-state index contributed by atoms with van der Waals surface area (Å²) in [4.78, 5) is 9.16. The molecular formula is C22H18N6O3S2. The van der Waals surface area contributed by atoms with E-state index in [1.165, 1.54) is 6.07 Å². The van der Waals surface area contributed by atoms with E-state index in [9.17, 15) is 8.42 Å². The summed E-state index contributed by atoms with van der Waals surface area (Å²) in [6.45, 7) is 0.358. The highest BCUT2D eigenvalue weighted by molar-refractivity contribution is 7.93. The molecule has 33 heavy (non-hydrogen) atoms. The van der Waals surface area contributed by atoms with Crippen LogP contribution in [0.15, 0.2) is 71.6 Å². The third-order valence-electron chi connectivity index (χ3n) is 4.98. The zero-order chi connectivity index (χ0) is 22.8. The molecule has 9 nitrogen and oxygen atoms in total. The van der Waals surface area contributed by atoms with Gasteiger partial charge in [-0.2, -0.15) is 8.75 Å². The Labute approximate surface area is 193 Å². The standard InChI is InChI=1S/C22H18N6O3S2/c1-31-18-11-5-2-7-14(18)13-23-21-22(25-16-9-4-3-8-15(16)24-21)28-33(29,30)19-12-6-10-17-20(19)27-32-26-17/h2-12H,13H2,1H3,(H,23,24)(H,25,28). The van der Waals surface area contributed by atoms with E-state index < -0.39 is 10.0 Å². The number of para-hydroxylation sites is 3. The summed E-state index contributed by atoms with van der Waals surface area (Å²) in [5.74, 6) is 1.10. The zero-order valence-electron chi connectivity index (χ0n) is 17.4. The highest BCUT2D eigenvalue weighted by atomic mass is 32.2. The van der Waals surface area contributed by atoms with Gasteiger partial charge >= 0.3 is 0 Å². The van der Waals surface area contributed by atoms with Gasteiger partial charge in [0.25, 0.3) is 10.0 Å². The van der Waals surface area contributed by atoms with Crippen LogP contribution in [0.2, 0.25) is 0 Å². The first kappa shape index (κ1) is 21.0. The summed E-state index contributed by atoms with van der Waals surface area (Å²) in [6, 6.07) is 19.6. The molecule has 0 bridgehead atoms. The average Bonchev–Trinajstić information content (AvgIpc) is 3.31. The summed E-state index contributed by atoms with van der Waals surface area (Å²) in [5.41, 5.74) is 2.91. The number of benzene rings is 3. The highest BCUT2D eigenvalue weighted by Crippen LogP contribution is 2.28. The van der Waals surface area contributed by atoms with Crippen LogP contribution in [0.25, 0.3) is 22.1 Å². The first-order valence-corrected chi connectivity index (χ1v) is 12.1. The van der Waals surface area contributed by atoms with Gasteiger partial charge in [0.15, 0.2) is 11.6 Å². The van der Waals surface area contributed by atoms with Crippen LogP contribution in [-0.4, -0.2) is 34.2 Å². The minimum atomic E-state index is -4.01. The van der Waals surface area contributed by atoms with Crippen molar-refractivity contribution in [3.05, 3.63) is 72.3 Å². The van der Waals surface area contributed by atoms with Crippen molar-refractivity contribution in [3.63, 3.8) is 0 Å². The Bertz CT molecular complexity index is 1570. The predicted octanol–water partition coefficient (Wildman–Crippen LogP) is 4.06. The normalized spacial score (nSPS) is 11.5. The molecule has 0 amide bonds. The van der Waals surface area contributed by atoms with Gasteiger partial charge in [0.05, 0.1) is 29.9 Å². The molecule has 0 aliphatic rings. The summed E-state index contributed by atoms with van der Waals surface area (Å²) >= 11 is 0.959. The van der Waals surface area contributed by atoms with Crippen molar-refractivity contribution < 1.29 is 13.2 Å². The fourth-order valence-electron chi connectivity index (χ4n) is 3.40. The molecule has 11 heteroatoms. The second-order valence-electron chi connectivity index (χ2n) is 7.07. The van der Waals surface area contributed by atoms with E-state index in [1.54, 1.807) is 25.3 Å². The maximum absolute atomic E-state index is 13.3. The third-order valence-corrected chi connectivity index (χ3v) is 6.89. The van der Waals surface area contributed by atoms with Crippen molar-refractivity contribution in [2.45, 2.75) is 11.4 Å². The molecule has 2 heterocycles. The van der Waals surface area contributed by atoms with Crippen molar-refractivity contribution in [2.24, 2.45) is 0 Å². The van der Waals surface area contributed by atoms with Crippen molar-refractivity contribution in [1.29, 1.82) is 0 Å². The molecule has 0 spiro atoms. The number of hydrogen-bond donors (Lipinski definition) is 2. The van der Waals surface area contributed by atoms with Crippen molar-refractivity contribution >= 4 is 55.5 Å². The molecule has 0 unspecified atom stereocenters. The van der Waals surface area contributed by atoms with E-state index in [0.717, 1.165) is 17.3 Å². The maximum Gasteiger partial charge on any atom is 0.265 e. The predicted molar refractivity (Wildman–Crippen MR) is 128 cm³/mol. The van der Waals surface area contributed by atoms with Gasteiger partial charge in [0.2, 0.25) is 0 Å². The molecule has 0 fully saturated rings. The number of rotatable bonds is 7. The van der Waals surface area contributed by atoms with Crippen LogP contribution in [0.1, 0.15) is 5.56 Å². The number of nitrogens with zero attached hydrogens (tertiary/aromatic N) is 4. The molecule has 0 aliphatic carbocycles.